The maximum Gasteiger partial charge on any atom is 0.410 e. The fourth-order valence-electron chi connectivity index (χ4n) is 2.28. The van der Waals surface area contributed by atoms with Gasteiger partial charge in [0.05, 0.1) is 32.4 Å². The van der Waals surface area contributed by atoms with Crippen LogP contribution in [0.3, 0.4) is 0 Å². The number of ether oxygens (including phenoxy) is 2. The lowest BCUT2D eigenvalue weighted by atomic mass is 10.1. The minimum Gasteiger partial charge on any atom is -0.450 e. The number of hydrogen-bond acceptors (Lipinski definition) is 6. The van der Waals surface area contributed by atoms with E-state index in [4.69, 9.17) is 14.0 Å². The molecule has 1 aromatic rings. The topological polar surface area (TPSA) is 85.1 Å². The fraction of sp³-hybridized carbons (Fsp3) is 0.643. The van der Waals surface area contributed by atoms with Crippen molar-refractivity contribution in [1.82, 2.24) is 15.0 Å². The van der Waals surface area contributed by atoms with Crippen molar-refractivity contribution in [2.24, 2.45) is 0 Å². The van der Waals surface area contributed by atoms with E-state index >= 15 is 0 Å². The van der Waals surface area contributed by atoms with Gasteiger partial charge in [-0.05, 0) is 6.92 Å². The van der Waals surface area contributed by atoms with Crippen LogP contribution in [0.4, 0.5) is 4.79 Å². The van der Waals surface area contributed by atoms with E-state index < -0.39 is 6.09 Å². The summed E-state index contributed by atoms with van der Waals surface area (Å²) in [5.74, 6) is -0.0900. The monoisotopic (exact) mass is 311 g/mol. The van der Waals surface area contributed by atoms with E-state index in [0.717, 1.165) is 0 Å². The van der Waals surface area contributed by atoms with Crippen LogP contribution in [0.25, 0.3) is 0 Å². The molecule has 0 radical (unpaired) electrons. The lowest BCUT2D eigenvalue weighted by Gasteiger charge is -2.35. The minimum atomic E-state index is -0.400. The second-order valence-corrected chi connectivity index (χ2v) is 5.07. The number of carbonyl (C=O) groups is 2. The summed E-state index contributed by atoms with van der Waals surface area (Å²) in [6.45, 7) is 3.65. The summed E-state index contributed by atoms with van der Waals surface area (Å²) in [4.78, 5) is 27.3. The molecule has 0 bridgehead atoms. The van der Waals surface area contributed by atoms with Gasteiger partial charge in [0.15, 0.2) is 0 Å². The van der Waals surface area contributed by atoms with E-state index in [9.17, 15) is 9.59 Å². The molecule has 0 unspecified atom stereocenters. The van der Waals surface area contributed by atoms with Crippen molar-refractivity contribution >= 4 is 12.0 Å². The number of rotatable bonds is 5. The molecule has 0 N–H and O–H groups in total. The van der Waals surface area contributed by atoms with Gasteiger partial charge < -0.3 is 23.8 Å². The van der Waals surface area contributed by atoms with Crippen LogP contribution in [0.15, 0.2) is 16.9 Å². The van der Waals surface area contributed by atoms with Crippen LogP contribution in [0.1, 0.15) is 19.0 Å². The van der Waals surface area contributed by atoms with Crippen LogP contribution in [0, 0.1) is 0 Å². The molecule has 22 heavy (non-hydrogen) atoms. The first kappa shape index (κ1) is 16.3. The average Bonchev–Trinajstić information content (AvgIpc) is 3.01. The minimum absolute atomic E-state index is 0.0900. The average molecular weight is 311 g/mol. The van der Waals surface area contributed by atoms with Crippen molar-refractivity contribution < 1.29 is 23.6 Å². The summed E-state index contributed by atoms with van der Waals surface area (Å²) < 4.78 is 15.1. The summed E-state index contributed by atoms with van der Waals surface area (Å²) >= 11 is 0. The van der Waals surface area contributed by atoms with Crippen molar-refractivity contribution in [3.05, 3.63) is 18.0 Å². The first-order valence-corrected chi connectivity index (χ1v) is 7.26. The third-order valence-electron chi connectivity index (χ3n) is 3.46. The van der Waals surface area contributed by atoms with Gasteiger partial charge in [-0.1, -0.05) is 5.16 Å². The smallest absolute Gasteiger partial charge is 0.410 e. The zero-order valence-corrected chi connectivity index (χ0v) is 12.9. The van der Waals surface area contributed by atoms with Gasteiger partial charge in [-0.15, -0.1) is 0 Å². The predicted octanol–water partition coefficient (Wildman–Crippen LogP) is 0.880. The highest BCUT2D eigenvalue weighted by Crippen LogP contribution is 2.14. The highest BCUT2D eigenvalue weighted by atomic mass is 16.6. The van der Waals surface area contributed by atoms with Crippen molar-refractivity contribution in [3.63, 3.8) is 0 Å². The van der Waals surface area contributed by atoms with Crippen LogP contribution >= 0.6 is 0 Å². The van der Waals surface area contributed by atoms with Crippen LogP contribution < -0.4 is 0 Å². The molecule has 2 heterocycles. The van der Waals surface area contributed by atoms with E-state index in [1.54, 1.807) is 29.8 Å². The lowest BCUT2D eigenvalue weighted by molar-refractivity contribution is -0.133. The van der Waals surface area contributed by atoms with E-state index in [1.807, 2.05) is 0 Å². The maximum atomic E-state index is 12.3. The van der Waals surface area contributed by atoms with Crippen molar-refractivity contribution in [3.8, 4) is 0 Å². The molecule has 1 saturated heterocycles. The lowest BCUT2D eigenvalue weighted by Crippen LogP contribution is -2.50. The number of nitrogens with zero attached hydrogens (tertiary/aromatic N) is 3. The molecule has 1 atom stereocenters. The molecular formula is C14H21N3O5. The molecule has 1 aromatic heterocycles. The van der Waals surface area contributed by atoms with Gasteiger partial charge in [-0.2, -0.15) is 0 Å². The van der Waals surface area contributed by atoms with E-state index in [-0.39, 0.29) is 18.4 Å². The van der Waals surface area contributed by atoms with E-state index in [2.05, 4.69) is 5.16 Å². The second kappa shape index (κ2) is 7.79. The van der Waals surface area contributed by atoms with Crippen molar-refractivity contribution in [2.45, 2.75) is 25.9 Å². The Kier molecular flexibility index (Phi) is 5.76. The number of carbonyl (C=O) groups excluding carboxylic acids is 2. The van der Waals surface area contributed by atoms with Crippen LogP contribution in [-0.2, 0) is 20.8 Å². The van der Waals surface area contributed by atoms with Crippen LogP contribution in [-0.4, -0.2) is 66.4 Å². The highest BCUT2D eigenvalue weighted by molar-refractivity contribution is 5.77. The van der Waals surface area contributed by atoms with Crippen LogP contribution in [0.2, 0.25) is 0 Å². The Labute approximate surface area is 128 Å². The molecule has 1 aliphatic rings. The zero-order valence-electron chi connectivity index (χ0n) is 12.9. The van der Waals surface area contributed by atoms with Gasteiger partial charge in [0.25, 0.3) is 0 Å². The molecule has 2 rings (SSSR count). The SMILES string of the molecule is CCOC(=O)N1CCOC[C@@H]1CC(=O)N(C)Cc1ccon1. The fourth-order valence-corrected chi connectivity index (χ4v) is 2.28. The van der Waals surface area contributed by atoms with Gasteiger partial charge in [0.1, 0.15) is 12.0 Å². The Hall–Kier alpha value is -2.09. The van der Waals surface area contributed by atoms with Gasteiger partial charge >= 0.3 is 6.09 Å². The molecule has 2 amide bonds. The van der Waals surface area contributed by atoms with Gasteiger partial charge in [0, 0.05) is 26.1 Å². The second-order valence-electron chi connectivity index (χ2n) is 5.07. The highest BCUT2D eigenvalue weighted by Gasteiger charge is 2.31. The molecule has 0 saturated carbocycles. The largest absolute Gasteiger partial charge is 0.450 e. The summed E-state index contributed by atoms with van der Waals surface area (Å²) in [7, 11) is 1.69. The summed E-state index contributed by atoms with van der Waals surface area (Å²) in [6, 6.07) is 1.40. The Balaban J connectivity index is 1.91. The van der Waals surface area contributed by atoms with Crippen LogP contribution in [0.5, 0.6) is 0 Å². The molecule has 1 fully saturated rings. The van der Waals surface area contributed by atoms with Crippen molar-refractivity contribution in [2.75, 3.05) is 33.4 Å². The summed E-state index contributed by atoms with van der Waals surface area (Å²) in [5, 5.41) is 3.77. The molecule has 0 aliphatic carbocycles. The third-order valence-corrected chi connectivity index (χ3v) is 3.46. The number of morpholine rings is 1. The number of amides is 2. The quantitative estimate of drug-likeness (QED) is 0.802. The van der Waals surface area contributed by atoms with Crippen molar-refractivity contribution in [1.29, 1.82) is 0 Å². The first-order chi connectivity index (χ1) is 10.6. The van der Waals surface area contributed by atoms with E-state index in [1.165, 1.54) is 6.26 Å². The molecular weight excluding hydrogens is 290 g/mol. The first-order valence-electron chi connectivity index (χ1n) is 7.26. The Morgan fingerprint density at radius 1 is 1.55 bits per heavy atom. The summed E-state index contributed by atoms with van der Waals surface area (Å²) in [6.07, 6.45) is 1.25. The maximum absolute atomic E-state index is 12.3. The molecule has 8 nitrogen and oxygen atoms in total. The Morgan fingerprint density at radius 2 is 2.36 bits per heavy atom. The van der Waals surface area contributed by atoms with Gasteiger partial charge in [-0.3, -0.25) is 4.79 Å². The zero-order chi connectivity index (χ0) is 15.9. The summed E-state index contributed by atoms with van der Waals surface area (Å²) in [5.41, 5.74) is 0.679. The van der Waals surface area contributed by atoms with E-state index in [0.29, 0.717) is 38.6 Å². The number of aromatic nitrogens is 1. The normalized spacial score (nSPS) is 18.1. The molecule has 8 heteroatoms. The molecule has 122 valence electrons. The molecule has 0 spiro atoms. The standard InChI is InChI=1S/C14H21N3O5/c1-3-21-14(19)17-5-7-20-10-12(17)8-13(18)16(2)9-11-4-6-22-15-11/h4,6,12H,3,5,7-10H2,1-2H3/t12-/m0/s1. The Bertz CT molecular complexity index is 491. The van der Waals surface area contributed by atoms with Gasteiger partial charge in [0.2, 0.25) is 5.91 Å². The molecule has 0 aromatic carbocycles. The Morgan fingerprint density at radius 3 is 3.05 bits per heavy atom. The number of hydrogen-bond donors (Lipinski definition) is 0. The van der Waals surface area contributed by atoms with Gasteiger partial charge in [-0.25, -0.2) is 4.79 Å². The third kappa shape index (κ3) is 4.20. The molecule has 1 aliphatic heterocycles. The predicted molar refractivity (Wildman–Crippen MR) is 75.9 cm³/mol.